The average Bonchev–Trinajstić information content (AvgIpc) is 3.66. The lowest BCUT2D eigenvalue weighted by Gasteiger charge is -2.24. The molecule has 42 heavy (non-hydrogen) atoms. The number of ketones is 1. The lowest BCUT2D eigenvalue weighted by Crippen LogP contribution is -2.31. The third-order valence-electron chi connectivity index (χ3n) is 6.86. The molecule has 1 atom stereocenters. The van der Waals surface area contributed by atoms with E-state index in [1.165, 1.54) is 44.9 Å². The second-order valence-electron chi connectivity index (χ2n) is 10.1. The van der Waals surface area contributed by atoms with Crippen LogP contribution < -0.4 is 9.64 Å². The van der Waals surface area contributed by atoms with Crippen LogP contribution in [0.5, 0.6) is 5.75 Å². The Balaban J connectivity index is 1.46. The van der Waals surface area contributed by atoms with E-state index in [-0.39, 0.29) is 5.57 Å². The van der Waals surface area contributed by atoms with E-state index >= 15 is 0 Å². The Morgan fingerprint density at radius 1 is 1.02 bits per heavy atom. The van der Waals surface area contributed by atoms with Gasteiger partial charge in [0.05, 0.1) is 33.8 Å². The zero-order valence-corrected chi connectivity index (χ0v) is 26.4. The van der Waals surface area contributed by atoms with Crippen molar-refractivity contribution < 1.29 is 19.4 Å². The number of hydrogen-bond acceptors (Lipinski definition) is 10. The normalized spacial score (nSPS) is 15.1. The SMILES string of the molecule is CCCCCOc1ccc(C2C(C(=O)c3sc(C)nc3C)=C(O)C(=O)N2c2nnc(SCc3ccc(C)cc3)s2)cc1. The number of benzene rings is 2. The maximum absolute atomic E-state index is 13.9. The smallest absolute Gasteiger partial charge is 0.296 e. The summed E-state index contributed by atoms with van der Waals surface area (Å²) in [6.45, 7) is 8.38. The number of carbonyl (C=O) groups excluding carboxylic acids is 2. The van der Waals surface area contributed by atoms with Crippen LogP contribution in [0, 0.1) is 20.8 Å². The Morgan fingerprint density at radius 2 is 1.76 bits per heavy atom. The molecule has 3 heterocycles. The van der Waals surface area contributed by atoms with Gasteiger partial charge in [0.2, 0.25) is 10.9 Å². The highest BCUT2D eigenvalue weighted by Gasteiger charge is 2.46. The first kappa shape index (κ1) is 29.9. The van der Waals surface area contributed by atoms with Gasteiger partial charge < -0.3 is 9.84 Å². The van der Waals surface area contributed by atoms with Gasteiger partial charge in [0.15, 0.2) is 10.1 Å². The van der Waals surface area contributed by atoms with E-state index in [9.17, 15) is 14.7 Å². The van der Waals surface area contributed by atoms with Crippen molar-refractivity contribution in [2.45, 2.75) is 63.1 Å². The second kappa shape index (κ2) is 13.2. The van der Waals surface area contributed by atoms with Gasteiger partial charge in [-0.25, -0.2) is 4.98 Å². The van der Waals surface area contributed by atoms with Crippen LogP contribution >= 0.6 is 34.4 Å². The number of ether oxygens (including phenoxy) is 1. The third-order valence-corrected chi connectivity index (χ3v) is 10.1. The quantitative estimate of drug-likeness (QED) is 0.0749. The summed E-state index contributed by atoms with van der Waals surface area (Å²) >= 11 is 4.02. The van der Waals surface area contributed by atoms with Crippen molar-refractivity contribution in [3.05, 3.63) is 92.1 Å². The van der Waals surface area contributed by atoms with E-state index in [0.717, 1.165) is 29.8 Å². The molecule has 0 radical (unpaired) electrons. The monoisotopic (exact) mass is 620 g/mol. The van der Waals surface area contributed by atoms with Gasteiger partial charge in [0, 0.05) is 5.75 Å². The van der Waals surface area contributed by atoms with Crippen LogP contribution in [0.1, 0.15) is 69.3 Å². The summed E-state index contributed by atoms with van der Waals surface area (Å²) in [4.78, 5) is 33.6. The molecule has 0 aliphatic carbocycles. The minimum Gasteiger partial charge on any atom is -0.503 e. The van der Waals surface area contributed by atoms with Crippen molar-refractivity contribution >= 4 is 51.3 Å². The summed E-state index contributed by atoms with van der Waals surface area (Å²) < 4.78 is 6.56. The highest BCUT2D eigenvalue weighted by atomic mass is 32.2. The number of anilines is 1. The molecule has 1 aliphatic heterocycles. The Labute approximate surface area is 257 Å². The lowest BCUT2D eigenvalue weighted by atomic mass is 9.95. The summed E-state index contributed by atoms with van der Waals surface area (Å²) in [6, 6.07) is 14.7. The van der Waals surface area contributed by atoms with Crippen molar-refractivity contribution in [3.63, 3.8) is 0 Å². The molecular weight excluding hydrogens is 589 g/mol. The Morgan fingerprint density at radius 3 is 2.43 bits per heavy atom. The molecule has 0 spiro atoms. The van der Waals surface area contributed by atoms with Crippen molar-refractivity contribution in [2.75, 3.05) is 11.5 Å². The number of thiazole rings is 1. The predicted octanol–water partition coefficient (Wildman–Crippen LogP) is 7.56. The van der Waals surface area contributed by atoms with Crippen molar-refractivity contribution in [2.24, 2.45) is 0 Å². The van der Waals surface area contributed by atoms with Gasteiger partial charge in [0.1, 0.15) is 5.75 Å². The number of hydrogen-bond donors (Lipinski definition) is 1. The lowest BCUT2D eigenvalue weighted by molar-refractivity contribution is -0.117. The predicted molar refractivity (Wildman–Crippen MR) is 168 cm³/mol. The minimum atomic E-state index is -0.885. The summed E-state index contributed by atoms with van der Waals surface area (Å²) in [5.74, 6) is -0.294. The number of unbranched alkanes of at least 4 members (excludes halogenated alkanes) is 2. The van der Waals surface area contributed by atoms with Crippen LogP contribution in [0.3, 0.4) is 0 Å². The number of aliphatic hydroxyl groups excluding tert-OH is 1. The number of carbonyl (C=O) groups is 2. The summed E-state index contributed by atoms with van der Waals surface area (Å²) in [6.07, 6.45) is 3.17. The van der Waals surface area contributed by atoms with Gasteiger partial charge in [-0.3, -0.25) is 14.5 Å². The topological polar surface area (TPSA) is 106 Å². The Kier molecular flexibility index (Phi) is 9.40. The van der Waals surface area contributed by atoms with Crippen LogP contribution in [-0.2, 0) is 10.5 Å². The number of aliphatic hydroxyl groups is 1. The van der Waals surface area contributed by atoms with Crippen molar-refractivity contribution in [1.82, 2.24) is 15.2 Å². The fourth-order valence-corrected chi connectivity index (χ4v) is 7.39. The van der Waals surface area contributed by atoms with Crippen molar-refractivity contribution in [3.8, 4) is 5.75 Å². The summed E-state index contributed by atoms with van der Waals surface area (Å²) in [5.41, 5.74) is 3.57. The number of amides is 1. The average molecular weight is 621 g/mol. The first-order chi connectivity index (χ1) is 20.3. The molecule has 2 aromatic heterocycles. The van der Waals surface area contributed by atoms with E-state index < -0.39 is 23.5 Å². The van der Waals surface area contributed by atoms with Crippen LogP contribution in [0.2, 0.25) is 0 Å². The van der Waals surface area contributed by atoms with E-state index in [4.69, 9.17) is 4.74 Å². The van der Waals surface area contributed by atoms with Crippen LogP contribution in [0.4, 0.5) is 5.13 Å². The molecule has 0 saturated carbocycles. The molecule has 4 aromatic rings. The van der Waals surface area contributed by atoms with Gasteiger partial charge in [-0.1, -0.05) is 84.8 Å². The standard InChI is InChI=1S/C31H32N4O4S3/c1-5-6-7-16-39-23-14-12-22(13-15-23)25-24(26(36)28-19(3)32-20(4)41-28)27(37)29(38)35(25)30-33-34-31(42-30)40-17-21-10-8-18(2)9-11-21/h8-15,25,37H,5-7,16-17H2,1-4H3. The number of aromatic nitrogens is 3. The van der Waals surface area contributed by atoms with Gasteiger partial charge in [-0.2, -0.15) is 0 Å². The molecule has 1 aliphatic rings. The number of Topliss-reactive ketones (excluding diaryl/α,β-unsaturated/α-hetero) is 1. The molecule has 1 amide bonds. The molecule has 0 bridgehead atoms. The maximum Gasteiger partial charge on any atom is 0.296 e. The minimum absolute atomic E-state index is 0.00687. The number of nitrogens with zero attached hydrogens (tertiary/aromatic N) is 4. The fraction of sp³-hybridized carbons (Fsp3) is 0.323. The van der Waals surface area contributed by atoms with Gasteiger partial charge >= 0.3 is 0 Å². The van der Waals surface area contributed by atoms with E-state index in [1.807, 2.05) is 38.1 Å². The molecule has 1 N–H and O–H groups in total. The molecule has 5 rings (SSSR count). The third kappa shape index (κ3) is 6.43. The van der Waals surface area contributed by atoms with Gasteiger partial charge in [-0.05, 0) is 50.5 Å². The molecule has 218 valence electrons. The second-order valence-corrected chi connectivity index (χ2v) is 13.4. The molecular formula is C31H32N4O4S3. The van der Waals surface area contributed by atoms with Crippen LogP contribution in [0.15, 0.2) is 64.2 Å². The first-order valence-corrected chi connectivity index (χ1v) is 16.4. The maximum atomic E-state index is 13.9. The number of thioether (sulfide) groups is 1. The Bertz CT molecular complexity index is 1610. The van der Waals surface area contributed by atoms with E-state index in [0.29, 0.717) is 43.7 Å². The molecule has 0 saturated heterocycles. The molecule has 2 aromatic carbocycles. The van der Waals surface area contributed by atoms with Gasteiger partial charge in [-0.15, -0.1) is 21.5 Å². The largest absolute Gasteiger partial charge is 0.503 e. The molecule has 0 fully saturated rings. The van der Waals surface area contributed by atoms with Gasteiger partial charge in [0.25, 0.3) is 5.91 Å². The number of rotatable bonds is 12. The summed E-state index contributed by atoms with van der Waals surface area (Å²) in [7, 11) is 0. The van der Waals surface area contributed by atoms with Crippen molar-refractivity contribution in [1.29, 1.82) is 0 Å². The highest BCUT2D eigenvalue weighted by Crippen LogP contribution is 2.44. The molecule has 8 nitrogen and oxygen atoms in total. The zero-order valence-electron chi connectivity index (χ0n) is 23.9. The number of aryl methyl sites for hydroxylation is 3. The van der Waals surface area contributed by atoms with E-state index in [1.54, 1.807) is 6.92 Å². The molecule has 1 unspecified atom stereocenters. The van der Waals surface area contributed by atoms with E-state index in [2.05, 4.69) is 46.4 Å². The Hall–Kier alpha value is -3.54. The highest BCUT2D eigenvalue weighted by molar-refractivity contribution is 8.00. The fourth-order valence-electron chi connectivity index (χ4n) is 4.69. The van der Waals surface area contributed by atoms with Crippen LogP contribution in [-0.4, -0.2) is 38.6 Å². The first-order valence-electron chi connectivity index (χ1n) is 13.8. The summed E-state index contributed by atoms with van der Waals surface area (Å²) in [5, 5.41) is 20.8. The van der Waals surface area contributed by atoms with Crippen LogP contribution in [0.25, 0.3) is 0 Å². The zero-order chi connectivity index (χ0) is 29.8. The molecule has 11 heteroatoms.